The summed E-state index contributed by atoms with van der Waals surface area (Å²) in [6, 6.07) is 5.90. The van der Waals surface area contributed by atoms with Crippen molar-refractivity contribution in [3.8, 4) is 11.5 Å². The van der Waals surface area contributed by atoms with Gasteiger partial charge in [-0.25, -0.2) is 0 Å². The minimum Gasteiger partial charge on any atom is -0.454 e. The van der Waals surface area contributed by atoms with Crippen LogP contribution in [0.2, 0.25) is 0 Å². The molecule has 1 aromatic carbocycles. The number of rotatable bonds is 6. The van der Waals surface area contributed by atoms with E-state index in [1.165, 1.54) is 0 Å². The predicted molar refractivity (Wildman–Crippen MR) is 89.4 cm³/mol. The third-order valence-corrected chi connectivity index (χ3v) is 4.69. The van der Waals surface area contributed by atoms with Gasteiger partial charge in [-0.1, -0.05) is 6.07 Å². The largest absolute Gasteiger partial charge is 0.454 e. The quantitative estimate of drug-likeness (QED) is 0.647. The molecule has 25 heavy (non-hydrogen) atoms. The molecule has 2 aliphatic heterocycles. The van der Waals surface area contributed by atoms with Gasteiger partial charge in [-0.15, -0.1) is 0 Å². The Kier molecular flexibility index (Phi) is 5.40. The van der Waals surface area contributed by atoms with Gasteiger partial charge >= 0.3 is 0 Å². The zero-order chi connectivity index (χ0) is 17.7. The molecule has 0 saturated carbocycles. The summed E-state index contributed by atoms with van der Waals surface area (Å²) >= 11 is 0. The first kappa shape index (κ1) is 17.5. The maximum absolute atomic E-state index is 12.0. The zero-order valence-electron chi connectivity index (χ0n) is 14.0. The number of ether oxygens (including phenoxy) is 3. The van der Waals surface area contributed by atoms with E-state index in [-0.39, 0.29) is 37.1 Å². The molecular formula is C17H23N3O5. The highest BCUT2D eigenvalue weighted by Crippen LogP contribution is 2.40. The van der Waals surface area contributed by atoms with Crippen molar-refractivity contribution < 1.29 is 23.8 Å². The Morgan fingerprint density at radius 2 is 1.84 bits per heavy atom. The number of fused-ring (bicyclic) bond motifs is 1. The number of hydrogen-bond donors (Lipinski definition) is 3. The summed E-state index contributed by atoms with van der Waals surface area (Å²) in [4.78, 5) is 23.2. The van der Waals surface area contributed by atoms with Crippen LogP contribution in [0.5, 0.6) is 11.5 Å². The molecule has 8 heteroatoms. The average molecular weight is 349 g/mol. The van der Waals surface area contributed by atoms with E-state index >= 15 is 0 Å². The van der Waals surface area contributed by atoms with Crippen LogP contribution in [0.1, 0.15) is 18.4 Å². The fourth-order valence-electron chi connectivity index (χ4n) is 3.14. The van der Waals surface area contributed by atoms with Crippen molar-refractivity contribution in [2.24, 2.45) is 5.73 Å². The Hall–Kier alpha value is -2.32. The Morgan fingerprint density at radius 1 is 1.08 bits per heavy atom. The highest BCUT2D eigenvalue weighted by atomic mass is 16.7. The number of benzene rings is 1. The first-order chi connectivity index (χ1) is 12.1. The normalized spacial score (nSPS) is 17.8. The molecule has 2 amide bonds. The molecule has 136 valence electrons. The smallest absolute Gasteiger partial charge is 0.239 e. The van der Waals surface area contributed by atoms with Crippen LogP contribution in [0, 0.1) is 0 Å². The van der Waals surface area contributed by atoms with E-state index in [0.717, 1.165) is 29.9 Å². The van der Waals surface area contributed by atoms with Crippen molar-refractivity contribution in [1.82, 2.24) is 10.6 Å². The van der Waals surface area contributed by atoms with Crippen LogP contribution in [-0.4, -0.2) is 51.5 Å². The van der Waals surface area contributed by atoms with Gasteiger partial charge < -0.3 is 30.6 Å². The predicted octanol–water partition coefficient (Wildman–Crippen LogP) is -0.345. The second-order valence-electron chi connectivity index (χ2n) is 6.22. The standard InChI is InChI=1S/C17H23N3O5/c18-8-15(21)19-9-16(22)20-10-17(3-5-23-6-4-17)12-1-2-13-14(7-12)25-11-24-13/h1-2,7H,3-6,8-11,18H2,(H,19,21)(H,20,22). The highest BCUT2D eigenvalue weighted by molar-refractivity contribution is 5.85. The Morgan fingerprint density at radius 3 is 2.60 bits per heavy atom. The summed E-state index contributed by atoms with van der Waals surface area (Å²) < 4.78 is 16.3. The van der Waals surface area contributed by atoms with E-state index in [9.17, 15) is 9.59 Å². The molecule has 8 nitrogen and oxygen atoms in total. The first-order valence-corrected chi connectivity index (χ1v) is 8.34. The molecule has 0 radical (unpaired) electrons. The number of nitrogens with two attached hydrogens (primary N) is 1. The molecule has 0 bridgehead atoms. The number of carbonyl (C=O) groups excluding carboxylic acids is 2. The van der Waals surface area contributed by atoms with Gasteiger partial charge in [0.2, 0.25) is 18.6 Å². The molecule has 0 unspecified atom stereocenters. The van der Waals surface area contributed by atoms with Gasteiger partial charge in [0.05, 0.1) is 13.1 Å². The first-order valence-electron chi connectivity index (χ1n) is 8.34. The molecule has 0 atom stereocenters. The Labute approximate surface area is 146 Å². The lowest BCUT2D eigenvalue weighted by atomic mass is 9.74. The summed E-state index contributed by atoms with van der Waals surface area (Å²) in [5.41, 5.74) is 6.07. The SMILES string of the molecule is NCC(=O)NCC(=O)NCC1(c2ccc3c(c2)OCO3)CCOCC1. The van der Waals surface area contributed by atoms with E-state index in [1.807, 2.05) is 18.2 Å². The molecule has 2 aliphatic rings. The van der Waals surface area contributed by atoms with Gasteiger partial charge in [0, 0.05) is 25.2 Å². The van der Waals surface area contributed by atoms with E-state index in [0.29, 0.717) is 19.8 Å². The van der Waals surface area contributed by atoms with Crippen molar-refractivity contribution in [2.45, 2.75) is 18.3 Å². The topological polar surface area (TPSA) is 112 Å². The zero-order valence-corrected chi connectivity index (χ0v) is 14.0. The number of nitrogens with one attached hydrogen (secondary N) is 2. The van der Waals surface area contributed by atoms with Crippen LogP contribution >= 0.6 is 0 Å². The van der Waals surface area contributed by atoms with Crippen molar-refractivity contribution in [3.63, 3.8) is 0 Å². The minimum absolute atomic E-state index is 0.0796. The molecule has 1 fully saturated rings. The van der Waals surface area contributed by atoms with Gasteiger partial charge in [0.1, 0.15) is 0 Å². The van der Waals surface area contributed by atoms with Crippen molar-refractivity contribution in [2.75, 3.05) is 39.6 Å². The second kappa shape index (κ2) is 7.71. The second-order valence-corrected chi connectivity index (χ2v) is 6.22. The maximum atomic E-state index is 12.0. The molecule has 0 aromatic heterocycles. The number of amides is 2. The Bertz CT molecular complexity index is 643. The monoisotopic (exact) mass is 349 g/mol. The number of carbonyl (C=O) groups is 2. The lowest BCUT2D eigenvalue weighted by Gasteiger charge is -2.38. The molecule has 1 aromatic rings. The van der Waals surface area contributed by atoms with Crippen LogP contribution in [-0.2, 0) is 19.7 Å². The van der Waals surface area contributed by atoms with E-state index in [1.54, 1.807) is 0 Å². The minimum atomic E-state index is -0.355. The van der Waals surface area contributed by atoms with Gasteiger partial charge in [-0.3, -0.25) is 9.59 Å². The lowest BCUT2D eigenvalue weighted by molar-refractivity contribution is -0.125. The summed E-state index contributed by atoms with van der Waals surface area (Å²) in [6.07, 6.45) is 1.59. The van der Waals surface area contributed by atoms with Crippen LogP contribution in [0.3, 0.4) is 0 Å². The van der Waals surface area contributed by atoms with Gasteiger partial charge in [0.15, 0.2) is 11.5 Å². The summed E-state index contributed by atoms with van der Waals surface area (Å²) in [7, 11) is 0. The van der Waals surface area contributed by atoms with Gasteiger partial charge in [0.25, 0.3) is 0 Å². The molecule has 0 aliphatic carbocycles. The van der Waals surface area contributed by atoms with Crippen LogP contribution < -0.4 is 25.8 Å². The molecule has 4 N–H and O–H groups in total. The van der Waals surface area contributed by atoms with E-state index in [4.69, 9.17) is 19.9 Å². The van der Waals surface area contributed by atoms with Crippen molar-refractivity contribution in [1.29, 1.82) is 0 Å². The molecule has 3 rings (SSSR count). The maximum Gasteiger partial charge on any atom is 0.239 e. The van der Waals surface area contributed by atoms with Crippen molar-refractivity contribution in [3.05, 3.63) is 23.8 Å². The van der Waals surface area contributed by atoms with E-state index in [2.05, 4.69) is 10.6 Å². The van der Waals surface area contributed by atoms with Gasteiger partial charge in [-0.2, -0.15) is 0 Å². The average Bonchev–Trinajstić information content (AvgIpc) is 3.13. The Balaban J connectivity index is 1.69. The van der Waals surface area contributed by atoms with Crippen LogP contribution in [0.4, 0.5) is 0 Å². The number of hydrogen-bond acceptors (Lipinski definition) is 6. The molecular weight excluding hydrogens is 326 g/mol. The fraction of sp³-hybridized carbons (Fsp3) is 0.529. The third kappa shape index (κ3) is 4.02. The molecule has 2 heterocycles. The molecule has 0 spiro atoms. The summed E-state index contributed by atoms with van der Waals surface area (Å²) in [5, 5.41) is 5.39. The van der Waals surface area contributed by atoms with Gasteiger partial charge in [-0.05, 0) is 30.5 Å². The van der Waals surface area contributed by atoms with Crippen LogP contribution in [0.25, 0.3) is 0 Å². The van der Waals surface area contributed by atoms with Crippen molar-refractivity contribution >= 4 is 11.8 Å². The highest BCUT2D eigenvalue weighted by Gasteiger charge is 2.36. The molecule has 1 saturated heterocycles. The third-order valence-electron chi connectivity index (χ3n) is 4.69. The summed E-state index contributed by atoms with van der Waals surface area (Å²) in [6.45, 7) is 1.75. The fourth-order valence-corrected chi connectivity index (χ4v) is 3.14. The van der Waals surface area contributed by atoms with E-state index < -0.39 is 0 Å². The van der Waals surface area contributed by atoms with Crippen LogP contribution in [0.15, 0.2) is 18.2 Å². The summed E-state index contributed by atoms with van der Waals surface area (Å²) in [5.74, 6) is 0.865. The lowest BCUT2D eigenvalue weighted by Crippen LogP contribution is -2.47.